The molecule has 0 unspecified atom stereocenters. The highest BCUT2D eigenvalue weighted by Gasteiger charge is 2.23. The Morgan fingerprint density at radius 3 is 1.62 bits per heavy atom. The van der Waals surface area contributed by atoms with Crippen molar-refractivity contribution in [3.8, 4) is 62.0 Å². The molecule has 4 heteroatoms. The third kappa shape index (κ3) is 5.00. The first-order valence-electron chi connectivity index (χ1n) is 17.5. The Balaban J connectivity index is 1.20. The van der Waals surface area contributed by atoms with Gasteiger partial charge in [-0.05, 0) is 42.0 Å². The molecular formula is C48H31N3O. The van der Waals surface area contributed by atoms with Gasteiger partial charge in [0, 0.05) is 44.3 Å². The van der Waals surface area contributed by atoms with E-state index in [2.05, 4.69) is 150 Å². The van der Waals surface area contributed by atoms with E-state index in [9.17, 15) is 0 Å². The van der Waals surface area contributed by atoms with Crippen LogP contribution in [0.5, 0.6) is 0 Å². The van der Waals surface area contributed by atoms with Gasteiger partial charge < -0.3 is 8.98 Å². The van der Waals surface area contributed by atoms with Crippen molar-refractivity contribution in [2.45, 2.75) is 0 Å². The molecule has 0 N–H and O–H groups in total. The quantitative estimate of drug-likeness (QED) is 0.178. The zero-order chi connectivity index (χ0) is 34.4. The smallest absolute Gasteiger partial charge is 0.160 e. The maximum atomic E-state index is 6.98. The minimum absolute atomic E-state index is 0.677. The number of fused-ring (bicyclic) bond motifs is 5. The third-order valence-corrected chi connectivity index (χ3v) is 9.82. The maximum absolute atomic E-state index is 6.98. The average molecular weight is 666 g/mol. The largest absolute Gasteiger partial charge is 0.455 e. The van der Waals surface area contributed by atoms with E-state index < -0.39 is 0 Å². The Labute approximate surface area is 300 Å². The maximum Gasteiger partial charge on any atom is 0.160 e. The standard InChI is InChI=1S/C48H31N3O/c1-5-16-32(17-6-1)40-31-41(33-18-7-2-8-19-33)50-48(49-40)36-24-15-25-37(30-36)51-42-27-14-13-26-38(42)45-43(51)29-28-39-44(34-20-9-3-10-21-34)46(52-47(39)45)35-22-11-4-12-23-35/h1-31H. The summed E-state index contributed by atoms with van der Waals surface area (Å²) >= 11 is 0. The van der Waals surface area contributed by atoms with E-state index in [4.69, 9.17) is 14.4 Å². The van der Waals surface area contributed by atoms with Gasteiger partial charge in [0.2, 0.25) is 0 Å². The van der Waals surface area contributed by atoms with Crippen molar-refractivity contribution >= 4 is 32.8 Å². The fourth-order valence-corrected chi connectivity index (χ4v) is 7.44. The number of nitrogens with zero attached hydrogens (tertiary/aromatic N) is 3. The van der Waals surface area contributed by atoms with Crippen molar-refractivity contribution in [1.29, 1.82) is 0 Å². The molecule has 10 aromatic rings. The zero-order valence-corrected chi connectivity index (χ0v) is 28.1. The van der Waals surface area contributed by atoms with Gasteiger partial charge in [-0.15, -0.1) is 0 Å². The lowest BCUT2D eigenvalue weighted by Gasteiger charge is -2.12. The minimum Gasteiger partial charge on any atom is -0.455 e. The first-order valence-corrected chi connectivity index (χ1v) is 17.5. The molecule has 0 atom stereocenters. The van der Waals surface area contributed by atoms with Crippen molar-refractivity contribution in [1.82, 2.24) is 14.5 Å². The van der Waals surface area contributed by atoms with Crippen LogP contribution in [0.1, 0.15) is 0 Å². The molecule has 0 spiro atoms. The number of benzene rings is 7. The summed E-state index contributed by atoms with van der Waals surface area (Å²) in [6, 6.07) is 65.2. The van der Waals surface area contributed by atoms with E-state index in [-0.39, 0.29) is 0 Å². The molecule has 0 aliphatic carbocycles. The van der Waals surface area contributed by atoms with Gasteiger partial charge in [-0.3, -0.25) is 0 Å². The fourth-order valence-electron chi connectivity index (χ4n) is 7.44. The molecule has 10 rings (SSSR count). The van der Waals surface area contributed by atoms with Gasteiger partial charge in [-0.2, -0.15) is 0 Å². The molecule has 7 aromatic carbocycles. The molecule has 52 heavy (non-hydrogen) atoms. The molecule has 0 bridgehead atoms. The van der Waals surface area contributed by atoms with Crippen LogP contribution >= 0.6 is 0 Å². The molecule has 0 fully saturated rings. The predicted octanol–water partition coefficient (Wildman–Crippen LogP) is 12.7. The molecule has 244 valence electrons. The van der Waals surface area contributed by atoms with Gasteiger partial charge in [-0.25, -0.2) is 9.97 Å². The fraction of sp³-hybridized carbons (Fsp3) is 0. The average Bonchev–Trinajstić information content (AvgIpc) is 3.78. The summed E-state index contributed by atoms with van der Waals surface area (Å²) < 4.78 is 9.31. The number of furan rings is 1. The highest BCUT2D eigenvalue weighted by atomic mass is 16.3. The third-order valence-electron chi connectivity index (χ3n) is 9.82. The number of para-hydroxylation sites is 1. The Morgan fingerprint density at radius 1 is 0.404 bits per heavy atom. The molecule has 3 heterocycles. The second-order valence-corrected chi connectivity index (χ2v) is 13.0. The van der Waals surface area contributed by atoms with E-state index >= 15 is 0 Å². The SMILES string of the molecule is c1ccc(-c2cc(-c3ccccc3)nc(-c3cccc(-n4c5ccccc5c5c6oc(-c7ccccc7)c(-c7ccccc7)c6ccc54)c3)n2)cc1. The van der Waals surface area contributed by atoms with Gasteiger partial charge in [0.15, 0.2) is 5.82 Å². The van der Waals surface area contributed by atoms with Gasteiger partial charge >= 0.3 is 0 Å². The van der Waals surface area contributed by atoms with Crippen molar-refractivity contribution in [2.24, 2.45) is 0 Å². The lowest BCUT2D eigenvalue weighted by molar-refractivity contribution is 0.636. The summed E-state index contributed by atoms with van der Waals surface area (Å²) in [5, 5.41) is 3.32. The second kappa shape index (κ2) is 12.4. The topological polar surface area (TPSA) is 43.9 Å². The van der Waals surface area contributed by atoms with Gasteiger partial charge in [-0.1, -0.05) is 152 Å². The van der Waals surface area contributed by atoms with Crippen LogP contribution in [0.4, 0.5) is 0 Å². The van der Waals surface area contributed by atoms with Crippen molar-refractivity contribution in [2.75, 3.05) is 0 Å². The van der Waals surface area contributed by atoms with Crippen LogP contribution in [0.2, 0.25) is 0 Å². The summed E-state index contributed by atoms with van der Waals surface area (Å²) in [4.78, 5) is 10.2. The van der Waals surface area contributed by atoms with Crippen LogP contribution in [-0.4, -0.2) is 14.5 Å². The summed E-state index contributed by atoms with van der Waals surface area (Å²) in [5.41, 5.74) is 12.2. The first-order chi connectivity index (χ1) is 25.8. The van der Waals surface area contributed by atoms with E-state index in [0.717, 1.165) is 89.0 Å². The molecule has 4 nitrogen and oxygen atoms in total. The lowest BCUT2D eigenvalue weighted by atomic mass is 9.98. The lowest BCUT2D eigenvalue weighted by Crippen LogP contribution is -1.98. The van der Waals surface area contributed by atoms with Crippen molar-refractivity contribution in [3.63, 3.8) is 0 Å². The number of rotatable bonds is 6. The predicted molar refractivity (Wildman–Crippen MR) is 213 cm³/mol. The first kappa shape index (κ1) is 29.8. The van der Waals surface area contributed by atoms with Crippen LogP contribution in [0.25, 0.3) is 94.8 Å². The monoisotopic (exact) mass is 665 g/mol. The summed E-state index contributed by atoms with van der Waals surface area (Å²) in [5.74, 6) is 1.55. The molecule has 0 saturated carbocycles. The van der Waals surface area contributed by atoms with Gasteiger partial charge in [0.05, 0.1) is 27.8 Å². The van der Waals surface area contributed by atoms with Crippen LogP contribution in [-0.2, 0) is 0 Å². The highest BCUT2D eigenvalue weighted by molar-refractivity contribution is 6.22. The number of hydrogen-bond acceptors (Lipinski definition) is 3. The summed E-state index contributed by atoms with van der Waals surface area (Å²) in [7, 11) is 0. The summed E-state index contributed by atoms with van der Waals surface area (Å²) in [6.07, 6.45) is 0. The van der Waals surface area contributed by atoms with E-state index in [0.29, 0.717) is 5.82 Å². The van der Waals surface area contributed by atoms with Crippen LogP contribution < -0.4 is 0 Å². The molecule has 0 saturated heterocycles. The van der Waals surface area contributed by atoms with Crippen LogP contribution in [0.3, 0.4) is 0 Å². The molecule has 0 aliphatic heterocycles. The Kier molecular flexibility index (Phi) is 7.10. The number of hydrogen-bond donors (Lipinski definition) is 0. The minimum atomic E-state index is 0.677. The van der Waals surface area contributed by atoms with E-state index in [1.165, 1.54) is 0 Å². The van der Waals surface area contributed by atoms with Crippen LogP contribution in [0, 0.1) is 0 Å². The zero-order valence-electron chi connectivity index (χ0n) is 28.1. The molecular weight excluding hydrogens is 635 g/mol. The van der Waals surface area contributed by atoms with Gasteiger partial charge in [0.1, 0.15) is 11.3 Å². The van der Waals surface area contributed by atoms with Crippen LogP contribution in [0.15, 0.2) is 192 Å². The molecule has 0 amide bonds. The van der Waals surface area contributed by atoms with Crippen molar-refractivity contribution < 1.29 is 4.42 Å². The summed E-state index contributed by atoms with van der Waals surface area (Å²) in [6.45, 7) is 0. The Morgan fingerprint density at radius 2 is 0.962 bits per heavy atom. The van der Waals surface area contributed by atoms with E-state index in [1.54, 1.807) is 0 Å². The molecule has 3 aromatic heterocycles. The van der Waals surface area contributed by atoms with Gasteiger partial charge in [0.25, 0.3) is 0 Å². The normalized spacial score (nSPS) is 11.5. The number of aromatic nitrogens is 3. The van der Waals surface area contributed by atoms with Crippen molar-refractivity contribution in [3.05, 3.63) is 188 Å². The Bertz CT molecular complexity index is 2820. The van der Waals surface area contributed by atoms with E-state index in [1.807, 2.05) is 42.5 Å². The molecule has 0 radical (unpaired) electrons. The second-order valence-electron chi connectivity index (χ2n) is 13.0. The molecule has 0 aliphatic rings. The Hall–Kier alpha value is -7.04. The highest BCUT2D eigenvalue weighted by Crippen LogP contribution is 2.46.